The largest absolute Gasteiger partial charge is 0.353 e. The lowest BCUT2D eigenvalue weighted by molar-refractivity contribution is -0.162. The highest BCUT2D eigenvalue weighted by Gasteiger charge is 2.13. The van der Waals surface area contributed by atoms with Crippen LogP contribution in [0.3, 0.4) is 0 Å². The lowest BCUT2D eigenvalue weighted by Gasteiger charge is -2.22. The predicted molar refractivity (Wildman–Crippen MR) is 87.3 cm³/mol. The zero-order chi connectivity index (χ0) is 14.8. The van der Waals surface area contributed by atoms with Gasteiger partial charge in [-0.2, -0.15) is 0 Å². The first-order valence-electron chi connectivity index (χ1n) is 8.27. The highest BCUT2D eigenvalue weighted by Crippen LogP contribution is 2.15. The van der Waals surface area contributed by atoms with Crippen molar-refractivity contribution in [2.75, 3.05) is 13.2 Å². The van der Waals surface area contributed by atoms with Crippen LogP contribution >= 0.6 is 0 Å². The van der Waals surface area contributed by atoms with Gasteiger partial charge in [0, 0.05) is 6.61 Å². The van der Waals surface area contributed by atoms with Gasteiger partial charge in [0.05, 0.1) is 6.61 Å². The highest BCUT2D eigenvalue weighted by molar-refractivity contribution is 5.15. The third kappa shape index (κ3) is 6.92. The zero-order valence-corrected chi connectivity index (χ0v) is 13.2. The molecule has 1 unspecified atom stereocenters. The van der Waals surface area contributed by atoms with Gasteiger partial charge in [-0.15, -0.1) is 0 Å². The normalized spacial score (nSPS) is 19.7. The molecular weight excluding hydrogens is 260 g/mol. The Balaban J connectivity index is 1.54. The second-order valence-corrected chi connectivity index (χ2v) is 5.85. The van der Waals surface area contributed by atoms with Crippen LogP contribution in [-0.4, -0.2) is 19.5 Å². The number of allylic oxidation sites excluding steroid dienone is 2. The van der Waals surface area contributed by atoms with E-state index >= 15 is 0 Å². The van der Waals surface area contributed by atoms with Crippen LogP contribution in [0.1, 0.15) is 51.0 Å². The summed E-state index contributed by atoms with van der Waals surface area (Å²) in [6.45, 7) is 3.90. The van der Waals surface area contributed by atoms with Crippen LogP contribution in [0.4, 0.5) is 0 Å². The molecule has 0 N–H and O–H groups in total. The lowest BCUT2D eigenvalue weighted by atomic mass is 10.1. The van der Waals surface area contributed by atoms with Crippen molar-refractivity contribution in [1.82, 2.24) is 0 Å². The number of hydrogen-bond donors (Lipinski definition) is 0. The molecule has 1 atom stereocenters. The summed E-state index contributed by atoms with van der Waals surface area (Å²) in [5.41, 5.74) is 2.89. The van der Waals surface area contributed by atoms with Crippen molar-refractivity contribution in [3.8, 4) is 0 Å². The van der Waals surface area contributed by atoms with E-state index < -0.39 is 0 Å². The fourth-order valence-electron chi connectivity index (χ4n) is 2.64. The van der Waals surface area contributed by atoms with Crippen LogP contribution < -0.4 is 0 Å². The van der Waals surface area contributed by atoms with Crippen molar-refractivity contribution in [3.63, 3.8) is 0 Å². The summed E-state index contributed by atoms with van der Waals surface area (Å²) in [6.07, 6.45) is 10.4. The van der Waals surface area contributed by atoms with Gasteiger partial charge >= 0.3 is 0 Å². The third-order valence-corrected chi connectivity index (χ3v) is 3.93. The fourth-order valence-corrected chi connectivity index (χ4v) is 2.64. The number of aryl methyl sites for hydroxylation is 1. The van der Waals surface area contributed by atoms with Gasteiger partial charge in [0.25, 0.3) is 0 Å². The first kappa shape index (κ1) is 16.3. The molecule has 1 saturated heterocycles. The molecule has 0 radical (unpaired) electrons. The van der Waals surface area contributed by atoms with Crippen molar-refractivity contribution in [3.05, 3.63) is 47.5 Å². The minimum Gasteiger partial charge on any atom is -0.353 e. The van der Waals surface area contributed by atoms with Gasteiger partial charge in [0.2, 0.25) is 0 Å². The molecule has 1 aliphatic heterocycles. The first-order chi connectivity index (χ1) is 10.3. The minimum absolute atomic E-state index is 0.0566. The van der Waals surface area contributed by atoms with E-state index in [0.717, 1.165) is 45.3 Å². The quantitative estimate of drug-likeness (QED) is 0.501. The van der Waals surface area contributed by atoms with E-state index in [0.29, 0.717) is 0 Å². The first-order valence-corrected chi connectivity index (χ1v) is 8.27. The van der Waals surface area contributed by atoms with Gasteiger partial charge in [-0.1, -0.05) is 42.0 Å². The smallest absolute Gasteiger partial charge is 0.157 e. The molecule has 21 heavy (non-hydrogen) atoms. The van der Waals surface area contributed by atoms with Crippen molar-refractivity contribution >= 4 is 0 Å². The zero-order valence-electron chi connectivity index (χ0n) is 13.2. The Morgan fingerprint density at radius 2 is 2.14 bits per heavy atom. The molecular formula is C19H28O2. The SMILES string of the molecule is C/C(=C/CCc1ccccc1)CCCOC1CCCCO1. The van der Waals surface area contributed by atoms with E-state index in [9.17, 15) is 0 Å². The average molecular weight is 288 g/mol. The van der Waals surface area contributed by atoms with Crippen LogP contribution in [-0.2, 0) is 15.9 Å². The van der Waals surface area contributed by atoms with E-state index in [4.69, 9.17) is 9.47 Å². The molecule has 0 aliphatic carbocycles. The highest BCUT2D eigenvalue weighted by atomic mass is 16.7. The molecule has 2 rings (SSSR count). The Morgan fingerprint density at radius 1 is 1.29 bits per heavy atom. The monoisotopic (exact) mass is 288 g/mol. The Morgan fingerprint density at radius 3 is 2.90 bits per heavy atom. The summed E-state index contributed by atoms with van der Waals surface area (Å²) >= 11 is 0. The van der Waals surface area contributed by atoms with Crippen molar-refractivity contribution in [2.24, 2.45) is 0 Å². The standard InChI is InChI=1S/C19H28O2/c1-17(9-7-13-18-11-3-2-4-12-18)10-8-16-21-19-14-5-6-15-20-19/h2-4,9,11-12,19H,5-8,10,13-16H2,1H3/b17-9-. The van der Waals surface area contributed by atoms with Crippen LogP contribution in [0, 0.1) is 0 Å². The van der Waals surface area contributed by atoms with Crippen molar-refractivity contribution in [1.29, 1.82) is 0 Å². The van der Waals surface area contributed by atoms with E-state index in [-0.39, 0.29) is 6.29 Å². The van der Waals surface area contributed by atoms with Gasteiger partial charge < -0.3 is 9.47 Å². The Labute approximate surface area is 129 Å². The summed E-state index contributed by atoms with van der Waals surface area (Å²) in [5.74, 6) is 0. The third-order valence-electron chi connectivity index (χ3n) is 3.93. The Hall–Kier alpha value is -1.12. The number of benzene rings is 1. The maximum absolute atomic E-state index is 5.76. The van der Waals surface area contributed by atoms with Crippen molar-refractivity contribution < 1.29 is 9.47 Å². The van der Waals surface area contributed by atoms with Gasteiger partial charge in [-0.3, -0.25) is 0 Å². The molecule has 1 aromatic carbocycles. The molecule has 2 nitrogen and oxygen atoms in total. The summed E-state index contributed by atoms with van der Waals surface area (Å²) < 4.78 is 11.3. The second kappa shape index (κ2) is 9.75. The van der Waals surface area contributed by atoms with E-state index in [1.54, 1.807) is 0 Å². The molecule has 1 fully saturated rings. The minimum atomic E-state index is 0.0566. The molecule has 0 amide bonds. The molecule has 0 spiro atoms. The van der Waals surface area contributed by atoms with Gasteiger partial charge in [0.15, 0.2) is 6.29 Å². The average Bonchev–Trinajstić information content (AvgIpc) is 2.54. The fraction of sp³-hybridized carbons (Fsp3) is 0.579. The molecule has 0 bridgehead atoms. The predicted octanol–water partition coefficient (Wildman–Crippen LogP) is 4.89. The number of rotatable bonds is 8. The topological polar surface area (TPSA) is 18.5 Å². The van der Waals surface area contributed by atoms with Crippen LogP contribution in [0.2, 0.25) is 0 Å². The molecule has 1 heterocycles. The van der Waals surface area contributed by atoms with E-state index in [2.05, 4.69) is 43.3 Å². The van der Waals surface area contributed by atoms with Gasteiger partial charge in [-0.05, 0) is 57.4 Å². The number of ether oxygens (including phenoxy) is 2. The van der Waals surface area contributed by atoms with Crippen LogP contribution in [0.25, 0.3) is 0 Å². The summed E-state index contributed by atoms with van der Waals surface area (Å²) in [4.78, 5) is 0. The Kier molecular flexibility index (Phi) is 7.55. The second-order valence-electron chi connectivity index (χ2n) is 5.85. The molecule has 0 saturated carbocycles. The summed E-state index contributed by atoms with van der Waals surface area (Å²) in [5, 5.41) is 0. The molecule has 1 aliphatic rings. The van der Waals surface area contributed by atoms with Crippen molar-refractivity contribution in [2.45, 2.75) is 58.2 Å². The number of hydrogen-bond acceptors (Lipinski definition) is 2. The van der Waals surface area contributed by atoms with E-state index in [1.165, 1.54) is 24.0 Å². The van der Waals surface area contributed by atoms with E-state index in [1.807, 2.05) is 0 Å². The summed E-state index contributed by atoms with van der Waals surface area (Å²) in [6, 6.07) is 10.7. The van der Waals surface area contributed by atoms with Crippen LogP contribution in [0.5, 0.6) is 0 Å². The lowest BCUT2D eigenvalue weighted by Crippen LogP contribution is -2.22. The van der Waals surface area contributed by atoms with Crippen LogP contribution in [0.15, 0.2) is 42.0 Å². The van der Waals surface area contributed by atoms with Gasteiger partial charge in [-0.25, -0.2) is 0 Å². The summed E-state index contributed by atoms with van der Waals surface area (Å²) in [7, 11) is 0. The maximum atomic E-state index is 5.76. The molecule has 0 aromatic heterocycles. The molecule has 116 valence electrons. The molecule has 2 heteroatoms. The maximum Gasteiger partial charge on any atom is 0.157 e. The van der Waals surface area contributed by atoms with Gasteiger partial charge in [0.1, 0.15) is 0 Å². The Bertz CT molecular complexity index is 405. The molecule has 1 aromatic rings.